The average molecular weight is 474 g/mol. The van der Waals surface area contributed by atoms with E-state index in [-0.39, 0.29) is 62.7 Å². The van der Waals surface area contributed by atoms with Gasteiger partial charge in [-0.15, -0.1) is 23.1 Å². The molecule has 0 saturated carbocycles. The normalized spacial score (nSPS) is 19.0. The molecule has 4 N–H and O–H groups in total. The number of β-lactam (4-membered cyclic amide) rings is 1. The summed E-state index contributed by atoms with van der Waals surface area (Å²) >= 11 is 1.95. The Labute approximate surface area is 196 Å². The molecule has 1 aliphatic heterocycles. The van der Waals surface area contributed by atoms with E-state index in [1.165, 1.54) is 12.5 Å². The molecule has 1 aromatic rings. The minimum Gasteiger partial charge on any atom is -0.731 e. The van der Waals surface area contributed by atoms with Gasteiger partial charge in [0.2, 0.25) is 6.41 Å². The Balaban J connectivity index is 0.00000420. The molecule has 3 amide bonds. The molecule has 2 rings (SSSR count). The predicted molar refractivity (Wildman–Crippen MR) is 98.9 cm³/mol. The molecular formula is C12H15N6NaO7S3. The summed E-state index contributed by atoms with van der Waals surface area (Å²) in [4.78, 5) is 43.4. The minimum absolute atomic E-state index is 0. The van der Waals surface area contributed by atoms with E-state index >= 15 is 0 Å². The van der Waals surface area contributed by atoms with Crippen molar-refractivity contribution in [2.75, 3.05) is 25.1 Å². The van der Waals surface area contributed by atoms with Gasteiger partial charge in [-0.05, 0) is 0 Å². The summed E-state index contributed by atoms with van der Waals surface area (Å²) in [5.74, 6) is -1.76. The first kappa shape index (κ1) is 25.6. The second-order valence-corrected chi connectivity index (χ2v) is 8.43. The summed E-state index contributed by atoms with van der Waals surface area (Å²) in [6.07, 6.45) is 0.445. The molecule has 1 fully saturated rings. The van der Waals surface area contributed by atoms with Gasteiger partial charge in [0, 0.05) is 17.7 Å². The van der Waals surface area contributed by atoms with Gasteiger partial charge >= 0.3 is 29.6 Å². The van der Waals surface area contributed by atoms with Crippen LogP contribution in [-0.2, 0) is 29.5 Å². The fourth-order valence-corrected chi connectivity index (χ4v) is 5.02. The van der Waals surface area contributed by atoms with E-state index in [1.807, 2.05) is 0 Å². The molecule has 1 aromatic heterocycles. The standard InChI is InChI=1S/C12H16N6O7S3.Na/c1-25-17-7(6-4-27-12(13)15-6)9(20)16-8-10(21)18(28(22,23)24)11(8)26-3-2-14-5-19;/h4-5,8,11H,2-3H2,1H3,(H2,13,15)(H,14,19)(H,16,20)(H,22,23,24);/q;+1/p-1. The summed E-state index contributed by atoms with van der Waals surface area (Å²) in [7, 11) is -3.87. The Morgan fingerprint density at radius 1 is 1.59 bits per heavy atom. The third kappa shape index (κ3) is 6.27. The summed E-state index contributed by atoms with van der Waals surface area (Å²) in [5, 5.41) is 8.68. The van der Waals surface area contributed by atoms with Gasteiger partial charge in [-0.1, -0.05) is 5.16 Å². The van der Waals surface area contributed by atoms with Gasteiger partial charge < -0.3 is 25.8 Å². The van der Waals surface area contributed by atoms with Gasteiger partial charge in [0.25, 0.3) is 11.8 Å². The molecule has 2 atom stereocenters. The zero-order valence-electron chi connectivity index (χ0n) is 15.2. The number of amides is 3. The van der Waals surface area contributed by atoms with Crippen LogP contribution in [0.3, 0.4) is 0 Å². The molecule has 13 nitrogen and oxygen atoms in total. The zero-order chi connectivity index (χ0) is 20.9. The zero-order valence-corrected chi connectivity index (χ0v) is 19.7. The third-order valence-corrected chi connectivity index (χ3v) is 6.27. The van der Waals surface area contributed by atoms with Crippen molar-refractivity contribution in [3.8, 4) is 0 Å². The van der Waals surface area contributed by atoms with Gasteiger partial charge in [0.05, 0.1) is 0 Å². The van der Waals surface area contributed by atoms with Crippen LogP contribution in [0, 0.1) is 0 Å². The summed E-state index contributed by atoms with van der Waals surface area (Å²) in [6, 6.07) is -1.30. The Morgan fingerprint density at radius 2 is 2.28 bits per heavy atom. The number of hydrogen-bond donors (Lipinski definition) is 3. The summed E-state index contributed by atoms with van der Waals surface area (Å²) < 4.78 is 34.0. The van der Waals surface area contributed by atoms with Crippen molar-refractivity contribution in [2.24, 2.45) is 5.16 Å². The van der Waals surface area contributed by atoms with E-state index < -0.39 is 33.5 Å². The average Bonchev–Trinajstić information content (AvgIpc) is 3.04. The number of oxime groups is 1. The number of rotatable bonds is 10. The van der Waals surface area contributed by atoms with Crippen molar-refractivity contribution in [1.82, 2.24) is 19.9 Å². The Hall–Kier alpha value is -1.43. The second-order valence-electron chi connectivity index (χ2n) is 5.07. The number of thioether (sulfide) groups is 1. The molecule has 2 unspecified atom stereocenters. The quantitative estimate of drug-likeness (QED) is 0.0560. The van der Waals surface area contributed by atoms with E-state index in [2.05, 4.69) is 25.6 Å². The molecule has 0 spiro atoms. The molecule has 29 heavy (non-hydrogen) atoms. The molecule has 154 valence electrons. The van der Waals surface area contributed by atoms with Crippen LogP contribution in [0.4, 0.5) is 5.13 Å². The Morgan fingerprint density at radius 3 is 2.79 bits per heavy atom. The fourth-order valence-electron chi connectivity index (χ4n) is 2.17. The number of nitrogens with one attached hydrogen (secondary N) is 2. The van der Waals surface area contributed by atoms with Gasteiger partial charge in [-0.2, -0.15) is 0 Å². The van der Waals surface area contributed by atoms with Crippen LogP contribution < -0.4 is 45.9 Å². The smallest absolute Gasteiger partial charge is 0.731 e. The van der Waals surface area contributed by atoms with Crippen molar-refractivity contribution in [2.45, 2.75) is 11.4 Å². The Bertz CT molecular complexity index is 892. The largest absolute Gasteiger partial charge is 1.00 e. The van der Waals surface area contributed by atoms with Crippen LogP contribution >= 0.6 is 23.1 Å². The molecule has 1 saturated heterocycles. The number of nitrogens with two attached hydrogens (primary N) is 1. The van der Waals surface area contributed by atoms with Crippen molar-refractivity contribution in [1.29, 1.82) is 0 Å². The number of anilines is 1. The maximum absolute atomic E-state index is 12.5. The molecule has 0 bridgehead atoms. The van der Waals surface area contributed by atoms with E-state index in [9.17, 15) is 27.4 Å². The summed E-state index contributed by atoms with van der Waals surface area (Å²) in [6.45, 7) is 0.167. The van der Waals surface area contributed by atoms with E-state index in [1.54, 1.807) is 0 Å². The van der Waals surface area contributed by atoms with Crippen LogP contribution in [0.5, 0.6) is 0 Å². The number of carbonyl (C=O) groups excluding carboxylic acids is 3. The first-order valence-electron chi connectivity index (χ1n) is 7.41. The number of aromatic nitrogens is 1. The van der Waals surface area contributed by atoms with E-state index in [0.29, 0.717) is 6.41 Å². The second kappa shape index (κ2) is 11.1. The van der Waals surface area contributed by atoms with Crippen LogP contribution in [0.25, 0.3) is 0 Å². The molecule has 2 heterocycles. The number of hydrogen-bond acceptors (Lipinski definition) is 12. The number of thiazole rings is 1. The van der Waals surface area contributed by atoms with Gasteiger partial charge in [0.15, 0.2) is 21.1 Å². The maximum Gasteiger partial charge on any atom is 1.00 e. The molecule has 17 heteroatoms. The van der Waals surface area contributed by atoms with Crippen molar-refractivity contribution >= 4 is 62.5 Å². The topological polar surface area (TPSA) is 196 Å². The van der Waals surface area contributed by atoms with Crippen LogP contribution in [0.2, 0.25) is 0 Å². The molecule has 1 aliphatic rings. The maximum atomic E-state index is 12.5. The van der Waals surface area contributed by atoms with Gasteiger partial charge in [-0.3, -0.25) is 14.4 Å². The summed E-state index contributed by atoms with van der Waals surface area (Å²) in [5.41, 5.74) is 5.34. The third-order valence-electron chi connectivity index (χ3n) is 3.31. The van der Waals surface area contributed by atoms with Crippen LogP contribution in [0.1, 0.15) is 5.69 Å². The molecule has 0 radical (unpaired) electrons. The van der Waals surface area contributed by atoms with E-state index in [0.717, 1.165) is 23.1 Å². The molecular weight excluding hydrogens is 459 g/mol. The van der Waals surface area contributed by atoms with Crippen molar-refractivity contribution in [3.63, 3.8) is 0 Å². The van der Waals surface area contributed by atoms with Crippen molar-refractivity contribution in [3.05, 3.63) is 11.1 Å². The van der Waals surface area contributed by atoms with E-state index in [4.69, 9.17) is 5.73 Å². The monoisotopic (exact) mass is 474 g/mol. The Kier molecular flexibility index (Phi) is 9.80. The fraction of sp³-hybridized carbons (Fsp3) is 0.417. The van der Waals surface area contributed by atoms with Crippen molar-refractivity contribution < 1.29 is 61.7 Å². The van der Waals surface area contributed by atoms with Gasteiger partial charge in [0.1, 0.15) is 24.2 Å². The van der Waals surface area contributed by atoms with Gasteiger partial charge in [-0.25, -0.2) is 17.7 Å². The van der Waals surface area contributed by atoms with Crippen LogP contribution in [0.15, 0.2) is 10.5 Å². The first-order chi connectivity index (χ1) is 13.2. The predicted octanol–water partition coefficient (Wildman–Crippen LogP) is -5.33. The first-order valence-corrected chi connectivity index (χ1v) is 10.7. The number of nitrogens with zero attached hydrogens (tertiary/aromatic N) is 3. The molecule has 0 aliphatic carbocycles. The van der Waals surface area contributed by atoms with Crippen LogP contribution in [-0.4, -0.2) is 77.0 Å². The number of nitrogen functional groups attached to an aromatic ring is 1. The molecule has 0 aromatic carbocycles. The minimum atomic E-state index is -5.07. The SMILES string of the molecule is CON=C(C(=O)NC1C(=O)N(S(=O)(=O)[O-])C1SCCNC=O)c1csc(N)n1.[Na+]. The number of carbonyl (C=O) groups is 3.